The standard InChI is InChI=1S/C23H22N6O3/c1-14-26-21(28-32-14)16-4-3-15-7-8-24-22(19(15)11-16)25-9-10-29-13-17-5-6-18(27-31-2)12-20(17)23(29)30/h3-8,11-12,27H,9-10,13H2,1-2H3,(H,24,25). The lowest BCUT2D eigenvalue weighted by molar-refractivity contribution is 0.0784. The van der Waals surface area contributed by atoms with Gasteiger partial charge in [-0.2, -0.15) is 4.98 Å². The molecule has 0 unspecified atom stereocenters. The highest BCUT2D eigenvalue weighted by Gasteiger charge is 2.27. The molecule has 0 spiro atoms. The van der Waals surface area contributed by atoms with E-state index in [9.17, 15) is 4.79 Å². The summed E-state index contributed by atoms with van der Waals surface area (Å²) in [5.74, 6) is 1.83. The van der Waals surface area contributed by atoms with Crippen molar-refractivity contribution in [2.75, 3.05) is 31.0 Å². The lowest BCUT2D eigenvalue weighted by Gasteiger charge is -2.17. The lowest BCUT2D eigenvalue weighted by Crippen LogP contribution is -2.29. The Balaban J connectivity index is 1.30. The van der Waals surface area contributed by atoms with Gasteiger partial charge < -0.3 is 14.7 Å². The second-order valence-corrected chi connectivity index (χ2v) is 7.56. The van der Waals surface area contributed by atoms with E-state index in [0.717, 1.165) is 33.4 Å². The van der Waals surface area contributed by atoms with E-state index in [1.807, 2.05) is 47.4 Å². The molecular weight excluding hydrogens is 408 g/mol. The SMILES string of the molecule is CONc1ccc2c(c1)C(=O)N(CCNc1nccc3ccc(-c4noc(C)n4)cc13)C2. The maximum absolute atomic E-state index is 12.8. The number of fused-ring (bicyclic) bond motifs is 2. The van der Waals surface area contributed by atoms with Crippen molar-refractivity contribution < 1.29 is 14.2 Å². The zero-order valence-electron chi connectivity index (χ0n) is 17.8. The summed E-state index contributed by atoms with van der Waals surface area (Å²) < 4.78 is 5.10. The third-order valence-electron chi connectivity index (χ3n) is 5.43. The van der Waals surface area contributed by atoms with Crippen molar-refractivity contribution in [3.05, 3.63) is 65.7 Å². The summed E-state index contributed by atoms with van der Waals surface area (Å²) in [6.07, 6.45) is 1.77. The van der Waals surface area contributed by atoms with Gasteiger partial charge in [0.1, 0.15) is 5.82 Å². The Morgan fingerprint density at radius 1 is 1.19 bits per heavy atom. The largest absolute Gasteiger partial charge is 0.368 e. The van der Waals surface area contributed by atoms with Crippen molar-refractivity contribution in [3.63, 3.8) is 0 Å². The van der Waals surface area contributed by atoms with Gasteiger partial charge in [-0.15, -0.1) is 0 Å². The molecule has 4 aromatic rings. The highest BCUT2D eigenvalue weighted by Crippen LogP contribution is 2.28. The van der Waals surface area contributed by atoms with E-state index in [4.69, 9.17) is 9.36 Å². The highest BCUT2D eigenvalue weighted by molar-refractivity contribution is 5.99. The maximum atomic E-state index is 12.8. The van der Waals surface area contributed by atoms with E-state index in [2.05, 4.69) is 25.9 Å². The number of benzene rings is 2. The molecule has 0 aliphatic carbocycles. The fourth-order valence-electron chi connectivity index (χ4n) is 3.90. The number of aryl methyl sites for hydroxylation is 1. The van der Waals surface area contributed by atoms with Crippen molar-refractivity contribution in [3.8, 4) is 11.4 Å². The van der Waals surface area contributed by atoms with Gasteiger partial charge >= 0.3 is 0 Å². The first-order valence-electron chi connectivity index (χ1n) is 10.3. The summed E-state index contributed by atoms with van der Waals surface area (Å²) in [5.41, 5.74) is 6.10. The van der Waals surface area contributed by atoms with E-state index >= 15 is 0 Å². The Kier molecular flexibility index (Phi) is 5.16. The topological polar surface area (TPSA) is 105 Å². The molecule has 0 bridgehead atoms. The van der Waals surface area contributed by atoms with Gasteiger partial charge in [-0.1, -0.05) is 23.4 Å². The van der Waals surface area contributed by atoms with Crippen LogP contribution in [-0.2, 0) is 11.4 Å². The quantitative estimate of drug-likeness (QED) is 0.428. The number of nitrogens with zero attached hydrogens (tertiary/aromatic N) is 4. The predicted octanol–water partition coefficient (Wildman–Crippen LogP) is 3.63. The minimum atomic E-state index is 0.0159. The van der Waals surface area contributed by atoms with Gasteiger partial charge in [0.05, 0.1) is 12.8 Å². The molecule has 1 aliphatic rings. The Labute approximate surface area is 184 Å². The maximum Gasteiger partial charge on any atom is 0.254 e. The molecule has 0 radical (unpaired) electrons. The smallest absolute Gasteiger partial charge is 0.254 e. The average Bonchev–Trinajstić information content (AvgIpc) is 3.37. The van der Waals surface area contributed by atoms with Gasteiger partial charge in [0.2, 0.25) is 11.7 Å². The van der Waals surface area contributed by atoms with Gasteiger partial charge in [0, 0.05) is 49.3 Å². The average molecular weight is 430 g/mol. The van der Waals surface area contributed by atoms with Crippen molar-refractivity contribution in [2.45, 2.75) is 13.5 Å². The molecule has 0 saturated carbocycles. The molecule has 1 aliphatic heterocycles. The van der Waals surface area contributed by atoms with Crippen LogP contribution in [0.3, 0.4) is 0 Å². The third kappa shape index (κ3) is 3.74. The molecule has 1 amide bonds. The van der Waals surface area contributed by atoms with Gasteiger partial charge in [-0.3, -0.25) is 15.1 Å². The number of anilines is 2. The number of hydrogen-bond acceptors (Lipinski definition) is 8. The van der Waals surface area contributed by atoms with E-state index in [1.54, 1.807) is 20.2 Å². The third-order valence-corrected chi connectivity index (χ3v) is 5.43. The van der Waals surface area contributed by atoms with E-state index < -0.39 is 0 Å². The van der Waals surface area contributed by atoms with Gasteiger partial charge in [0.15, 0.2) is 0 Å². The van der Waals surface area contributed by atoms with Crippen LogP contribution in [0.4, 0.5) is 11.5 Å². The Hall–Kier alpha value is -3.98. The molecule has 0 saturated heterocycles. The summed E-state index contributed by atoms with van der Waals surface area (Å²) >= 11 is 0. The molecule has 0 fully saturated rings. The minimum absolute atomic E-state index is 0.0159. The fourth-order valence-corrected chi connectivity index (χ4v) is 3.90. The van der Waals surface area contributed by atoms with Crippen molar-refractivity contribution in [1.82, 2.24) is 20.0 Å². The van der Waals surface area contributed by atoms with Crippen molar-refractivity contribution in [2.24, 2.45) is 0 Å². The number of carbonyl (C=O) groups excluding carboxylic acids is 1. The molecule has 2 aromatic heterocycles. The van der Waals surface area contributed by atoms with Gasteiger partial charge in [-0.25, -0.2) is 4.98 Å². The molecule has 9 nitrogen and oxygen atoms in total. The van der Waals surface area contributed by atoms with Crippen LogP contribution in [0.5, 0.6) is 0 Å². The summed E-state index contributed by atoms with van der Waals surface area (Å²) in [7, 11) is 1.54. The van der Waals surface area contributed by atoms with E-state index in [-0.39, 0.29) is 5.91 Å². The second-order valence-electron chi connectivity index (χ2n) is 7.56. The van der Waals surface area contributed by atoms with Crippen molar-refractivity contribution >= 4 is 28.2 Å². The number of amides is 1. The van der Waals surface area contributed by atoms with Crippen LogP contribution in [0.2, 0.25) is 0 Å². The lowest BCUT2D eigenvalue weighted by atomic mass is 10.1. The van der Waals surface area contributed by atoms with Crippen molar-refractivity contribution in [1.29, 1.82) is 0 Å². The number of pyridine rings is 1. The highest BCUT2D eigenvalue weighted by atomic mass is 16.6. The number of rotatable bonds is 7. The number of carbonyl (C=O) groups is 1. The molecule has 162 valence electrons. The van der Waals surface area contributed by atoms with E-state index in [1.165, 1.54) is 0 Å². The molecule has 2 aromatic carbocycles. The first-order chi connectivity index (χ1) is 15.6. The minimum Gasteiger partial charge on any atom is -0.368 e. The van der Waals surface area contributed by atoms with Gasteiger partial charge in [0.25, 0.3) is 5.91 Å². The van der Waals surface area contributed by atoms with Crippen LogP contribution >= 0.6 is 0 Å². The first-order valence-corrected chi connectivity index (χ1v) is 10.3. The normalized spacial score (nSPS) is 12.9. The van der Waals surface area contributed by atoms with Crippen LogP contribution in [0.1, 0.15) is 21.8 Å². The molecule has 0 atom stereocenters. The first kappa shape index (κ1) is 20.0. The monoisotopic (exact) mass is 430 g/mol. The molecule has 32 heavy (non-hydrogen) atoms. The van der Waals surface area contributed by atoms with E-state index in [0.29, 0.717) is 36.9 Å². The zero-order valence-corrected chi connectivity index (χ0v) is 17.8. The van der Waals surface area contributed by atoms with Crippen LogP contribution in [0, 0.1) is 6.92 Å². The molecule has 9 heteroatoms. The number of hydrogen-bond donors (Lipinski definition) is 2. The van der Waals surface area contributed by atoms with Crippen LogP contribution in [0.15, 0.2) is 53.2 Å². The van der Waals surface area contributed by atoms with Crippen LogP contribution in [-0.4, -0.2) is 46.1 Å². The zero-order chi connectivity index (χ0) is 22.1. The van der Waals surface area contributed by atoms with Gasteiger partial charge in [-0.05, 0) is 35.2 Å². The Morgan fingerprint density at radius 2 is 2.09 bits per heavy atom. The summed E-state index contributed by atoms with van der Waals surface area (Å²) in [6, 6.07) is 13.6. The Bertz CT molecular complexity index is 1300. The number of nitrogens with one attached hydrogen (secondary N) is 2. The van der Waals surface area contributed by atoms with Crippen LogP contribution < -0.4 is 10.8 Å². The molecule has 3 heterocycles. The van der Waals surface area contributed by atoms with Crippen LogP contribution in [0.25, 0.3) is 22.2 Å². The fraction of sp³-hybridized carbons (Fsp3) is 0.217. The summed E-state index contributed by atoms with van der Waals surface area (Å²) in [6.45, 7) is 3.48. The predicted molar refractivity (Wildman–Crippen MR) is 120 cm³/mol. The number of aromatic nitrogens is 3. The molecular formula is C23H22N6O3. The molecule has 2 N–H and O–H groups in total. The Morgan fingerprint density at radius 3 is 2.91 bits per heavy atom. The summed E-state index contributed by atoms with van der Waals surface area (Å²) in [4.78, 5) is 28.4. The second kappa shape index (κ2) is 8.27. The summed E-state index contributed by atoms with van der Waals surface area (Å²) in [5, 5.41) is 9.38. The molecule has 5 rings (SSSR count).